The van der Waals surface area contributed by atoms with Gasteiger partial charge >= 0.3 is 6.09 Å². The third-order valence-electron chi connectivity index (χ3n) is 4.35. The van der Waals surface area contributed by atoms with Crippen LogP contribution in [0.5, 0.6) is 0 Å². The van der Waals surface area contributed by atoms with Gasteiger partial charge in [-0.25, -0.2) is 4.79 Å². The van der Waals surface area contributed by atoms with Gasteiger partial charge in [0.05, 0.1) is 17.7 Å². The highest BCUT2D eigenvalue weighted by Crippen LogP contribution is 2.22. The van der Waals surface area contributed by atoms with Crippen LogP contribution in [0.1, 0.15) is 27.1 Å². The van der Waals surface area contributed by atoms with Crippen molar-refractivity contribution in [2.45, 2.75) is 6.42 Å². The van der Waals surface area contributed by atoms with Gasteiger partial charge < -0.3 is 14.8 Å². The van der Waals surface area contributed by atoms with Gasteiger partial charge in [0, 0.05) is 31.5 Å². The normalized spacial score (nSPS) is 12.5. The summed E-state index contributed by atoms with van der Waals surface area (Å²) in [4.78, 5) is 49.7. The summed E-state index contributed by atoms with van der Waals surface area (Å²) in [6, 6.07) is 13.1. The van der Waals surface area contributed by atoms with Gasteiger partial charge in [0.1, 0.15) is 6.61 Å². The Balaban J connectivity index is 1.51. The molecule has 0 radical (unpaired) electrons. The summed E-state index contributed by atoms with van der Waals surface area (Å²) in [6.45, 7) is 0.384. The van der Waals surface area contributed by atoms with E-state index < -0.39 is 17.9 Å². The minimum Gasteiger partial charge on any atom is -0.447 e. The van der Waals surface area contributed by atoms with Crippen LogP contribution in [0.25, 0.3) is 0 Å². The fraction of sp³-hybridized carbons (Fsp3) is 0.238. The maximum absolute atomic E-state index is 12.3. The Kier molecular flexibility index (Phi) is 6.76. The first kappa shape index (κ1) is 21.0. The molecule has 0 fully saturated rings. The average molecular weight is 411 g/mol. The lowest BCUT2D eigenvalue weighted by Crippen LogP contribution is -2.32. The number of hydrogen-bond donors (Lipinski definition) is 2. The fourth-order valence-electron chi connectivity index (χ4n) is 2.93. The molecule has 2 aromatic carbocycles. The molecule has 9 heteroatoms. The van der Waals surface area contributed by atoms with Gasteiger partial charge in [0.2, 0.25) is 5.91 Å². The number of benzene rings is 2. The molecule has 0 aromatic heterocycles. The molecule has 0 spiro atoms. The number of anilines is 2. The number of carbonyl (C=O) groups excluding carboxylic acids is 4. The SMILES string of the molecule is COCCOC(=O)Nc1cccc(NC(=O)CCN2C(=O)c3ccccc3C2=O)c1. The van der Waals surface area contributed by atoms with Crippen molar-refractivity contribution in [3.8, 4) is 0 Å². The maximum atomic E-state index is 12.3. The molecule has 2 aromatic rings. The molecule has 156 valence electrons. The van der Waals surface area contributed by atoms with E-state index in [1.807, 2.05) is 0 Å². The molecule has 1 aliphatic heterocycles. The number of nitrogens with one attached hydrogen (secondary N) is 2. The zero-order chi connectivity index (χ0) is 21.5. The van der Waals surface area contributed by atoms with Crippen molar-refractivity contribution >= 4 is 35.2 Å². The van der Waals surface area contributed by atoms with Gasteiger partial charge in [0.25, 0.3) is 11.8 Å². The summed E-state index contributed by atoms with van der Waals surface area (Å²) < 4.78 is 9.72. The van der Waals surface area contributed by atoms with Crippen LogP contribution in [0.2, 0.25) is 0 Å². The molecule has 3 rings (SSSR count). The zero-order valence-corrected chi connectivity index (χ0v) is 16.3. The molecule has 30 heavy (non-hydrogen) atoms. The van der Waals surface area contributed by atoms with Crippen molar-refractivity contribution in [1.29, 1.82) is 0 Å². The van der Waals surface area contributed by atoms with Crippen molar-refractivity contribution in [2.75, 3.05) is 37.5 Å². The van der Waals surface area contributed by atoms with Gasteiger partial charge in [-0.1, -0.05) is 18.2 Å². The van der Waals surface area contributed by atoms with Crippen LogP contribution in [0.3, 0.4) is 0 Å². The molecule has 0 atom stereocenters. The number of nitrogens with zero attached hydrogens (tertiary/aromatic N) is 1. The van der Waals surface area contributed by atoms with Crippen LogP contribution in [0.15, 0.2) is 48.5 Å². The maximum Gasteiger partial charge on any atom is 0.411 e. The highest BCUT2D eigenvalue weighted by molar-refractivity contribution is 6.21. The number of carbonyl (C=O) groups is 4. The van der Waals surface area contributed by atoms with E-state index >= 15 is 0 Å². The van der Waals surface area contributed by atoms with Gasteiger partial charge in [-0.15, -0.1) is 0 Å². The Morgan fingerprint density at radius 3 is 2.17 bits per heavy atom. The lowest BCUT2D eigenvalue weighted by Gasteiger charge is -2.14. The predicted molar refractivity (Wildman–Crippen MR) is 108 cm³/mol. The highest BCUT2D eigenvalue weighted by Gasteiger charge is 2.34. The number of ether oxygens (including phenoxy) is 2. The van der Waals surface area contributed by atoms with Crippen LogP contribution in [0, 0.1) is 0 Å². The third-order valence-corrected chi connectivity index (χ3v) is 4.35. The molecule has 0 saturated carbocycles. The Labute approximate surface area is 172 Å². The summed E-state index contributed by atoms with van der Waals surface area (Å²) in [5, 5.41) is 5.23. The lowest BCUT2D eigenvalue weighted by molar-refractivity contribution is -0.116. The van der Waals surface area contributed by atoms with Crippen molar-refractivity contribution in [3.05, 3.63) is 59.7 Å². The van der Waals surface area contributed by atoms with E-state index in [0.717, 1.165) is 4.90 Å². The molecule has 1 aliphatic rings. The molecular formula is C21H21N3O6. The number of fused-ring (bicyclic) bond motifs is 1. The van der Waals surface area contributed by atoms with Gasteiger partial charge in [-0.3, -0.25) is 24.6 Å². The van der Waals surface area contributed by atoms with Crippen molar-refractivity contribution in [1.82, 2.24) is 4.90 Å². The van der Waals surface area contributed by atoms with Gasteiger partial charge in [-0.2, -0.15) is 0 Å². The Hall–Kier alpha value is -3.72. The van der Waals surface area contributed by atoms with Crippen LogP contribution in [-0.4, -0.2) is 55.6 Å². The second-order valence-corrected chi connectivity index (χ2v) is 6.44. The number of rotatable bonds is 8. The van der Waals surface area contributed by atoms with Crippen LogP contribution in [-0.2, 0) is 14.3 Å². The van der Waals surface area contributed by atoms with Crippen molar-refractivity contribution in [2.24, 2.45) is 0 Å². The minimum atomic E-state index is -0.638. The predicted octanol–water partition coefficient (Wildman–Crippen LogP) is 2.51. The first-order chi connectivity index (χ1) is 14.5. The largest absolute Gasteiger partial charge is 0.447 e. The van der Waals surface area contributed by atoms with E-state index in [0.29, 0.717) is 22.5 Å². The van der Waals surface area contributed by atoms with Crippen LogP contribution >= 0.6 is 0 Å². The third kappa shape index (κ3) is 5.00. The summed E-state index contributed by atoms with van der Waals surface area (Å²) in [7, 11) is 1.50. The monoisotopic (exact) mass is 411 g/mol. The Bertz CT molecular complexity index is 940. The van der Waals surface area contributed by atoms with E-state index in [1.54, 1.807) is 48.5 Å². The smallest absolute Gasteiger partial charge is 0.411 e. The van der Waals surface area contributed by atoms with E-state index in [1.165, 1.54) is 7.11 Å². The number of amides is 4. The molecule has 4 amide bonds. The first-order valence-electron chi connectivity index (χ1n) is 9.27. The topological polar surface area (TPSA) is 114 Å². The number of imide groups is 1. The highest BCUT2D eigenvalue weighted by atomic mass is 16.6. The Morgan fingerprint density at radius 1 is 0.900 bits per heavy atom. The number of methoxy groups -OCH3 is 1. The van der Waals surface area contributed by atoms with Gasteiger partial charge in [0.15, 0.2) is 0 Å². The Morgan fingerprint density at radius 2 is 1.53 bits per heavy atom. The molecule has 2 N–H and O–H groups in total. The second-order valence-electron chi connectivity index (χ2n) is 6.44. The molecule has 0 bridgehead atoms. The van der Waals surface area contributed by atoms with E-state index in [4.69, 9.17) is 9.47 Å². The van der Waals surface area contributed by atoms with E-state index in [9.17, 15) is 19.2 Å². The fourth-order valence-corrected chi connectivity index (χ4v) is 2.93. The molecular weight excluding hydrogens is 390 g/mol. The van der Waals surface area contributed by atoms with Crippen molar-refractivity contribution in [3.63, 3.8) is 0 Å². The molecule has 9 nitrogen and oxygen atoms in total. The standard InChI is InChI=1S/C21H21N3O6/c1-29-11-12-30-21(28)23-15-6-4-5-14(13-15)22-18(25)9-10-24-19(26)16-7-2-3-8-17(16)20(24)27/h2-8,13H,9-12H2,1H3,(H,22,25)(H,23,28). The summed E-state index contributed by atoms with van der Waals surface area (Å²) in [5.74, 6) is -1.17. The number of hydrogen-bond acceptors (Lipinski definition) is 6. The minimum absolute atomic E-state index is 0.0258. The van der Waals surface area contributed by atoms with Crippen LogP contribution < -0.4 is 10.6 Å². The summed E-state index contributed by atoms with van der Waals surface area (Å²) in [5.41, 5.74) is 1.59. The molecule has 1 heterocycles. The van der Waals surface area contributed by atoms with Crippen molar-refractivity contribution < 1.29 is 28.7 Å². The summed E-state index contributed by atoms with van der Waals surface area (Å²) in [6.07, 6.45) is -0.691. The van der Waals surface area contributed by atoms with E-state index in [2.05, 4.69) is 10.6 Å². The quantitative estimate of drug-likeness (QED) is 0.510. The van der Waals surface area contributed by atoms with Crippen LogP contribution in [0.4, 0.5) is 16.2 Å². The van der Waals surface area contributed by atoms with E-state index in [-0.39, 0.29) is 32.1 Å². The first-order valence-corrected chi connectivity index (χ1v) is 9.27. The van der Waals surface area contributed by atoms with Gasteiger partial charge in [-0.05, 0) is 30.3 Å². The zero-order valence-electron chi connectivity index (χ0n) is 16.3. The molecule has 0 unspecified atom stereocenters. The summed E-state index contributed by atoms with van der Waals surface area (Å²) >= 11 is 0. The lowest BCUT2D eigenvalue weighted by atomic mass is 10.1. The molecule has 0 saturated heterocycles. The molecule has 0 aliphatic carbocycles. The second kappa shape index (κ2) is 9.66. The average Bonchev–Trinajstić information content (AvgIpc) is 2.97.